The maximum Gasteiger partial charge on any atom is 0.116 e. The van der Waals surface area contributed by atoms with Crippen LogP contribution in [-0.2, 0) is 12.0 Å². The summed E-state index contributed by atoms with van der Waals surface area (Å²) < 4.78 is 0. The molecule has 3 heteroatoms. The van der Waals surface area contributed by atoms with E-state index < -0.39 is 5.60 Å². The number of benzene rings is 2. The molecule has 0 bridgehead atoms. The first-order valence-electron chi connectivity index (χ1n) is 9.31. The minimum atomic E-state index is -1.01. The minimum Gasteiger partial charge on any atom is -0.380 e. The van der Waals surface area contributed by atoms with E-state index in [4.69, 9.17) is 5.26 Å². The van der Waals surface area contributed by atoms with E-state index in [-0.39, 0.29) is 0 Å². The first kappa shape index (κ1) is 17.5. The number of nitrogens with zero attached hydrogens (tertiary/aromatic N) is 2. The van der Waals surface area contributed by atoms with Crippen molar-refractivity contribution < 1.29 is 5.11 Å². The van der Waals surface area contributed by atoms with Crippen LogP contribution in [-0.4, -0.2) is 10.1 Å². The van der Waals surface area contributed by atoms with Gasteiger partial charge < -0.3 is 5.11 Å². The molecule has 1 aliphatic rings. The standard InChI is InChI=1S/C24H22N2O/c1-16-5-10-20(12-17(16)2)24(27)11-3-4-21-22(14-26-15-23(21)24)19-8-6-18(13-25)7-9-19/h5-10,12,14-15,27H,3-4,11H2,1-2H3/t24-/m0/s1. The second kappa shape index (κ2) is 6.64. The van der Waals surface area contributed by atoms with E-state index >= 15 is 0 Å². The highest BCUT2D eigenvalue weighted by atomic mass is 16.3. The Bertz CT molecular complexity index is 1050. The predicted octanol–water partition coefficient (Wildman–Crippen LogP) is 4.81. The van der Waals surface area contributed by atoms with E-state index in [9.17, 15) is 5.11 Å². The van der Waals surface area contributed by atoms with Crippen molar-refractivity contribution in [2.75, 3.05) is 0 Å². The summed E-state index contributed by atoms with van der Waals surface area (Å²) in [7, 11) is 0. The summed E-state index contributed by atoms with van der Waals surface area (Å²) in [4.78, 5) is 4.45. The van der Waals surface area contributed by atoms with Gasteiger partial charge in [-0.25, -0.2) is 0 Å². The fourth-order valence-electron chi connectivity index (χ4n) is 4.04. The van der Waals surface area contributed by atoms with Crippen LogP contribution < -0.4 is 0 Å². The molecule has 134 valence electrons. The van der Waals surface area contributed by atoms with Gasteiger partial charge in [0.1, 0.15) is 5.60 Å². The fourth-order valence-corrected chi connectivity index (χ4v) is 4.04. The van der Waals surface area contributed by atoms with Crippen molar-refractivity contribution >= 4 is 0 Å². The summed E-state index contributed by atoms with van der Waals surface area (Å²) in [5, 5.41) is 20.7. The van der Waals surface area contributed by atoms with Gasteiger partial charge in [-0.3, -0.25) is 4.98 Å². The zero-order chi connectivity index (χ0) is 19.0. The van der Waals surface area contributed by atoms with Crippen molar-refractivity contribution in [3.05, 3.63) is 88.2 Å². The van der Waals surface area contributed by atoms with Gasteiger partial charge in [-0.2, -0.15) is 5.26 Å². The smallest absolute Gasteiger partial charge is 0.116 e. The first-order valence-corrected chi connectivity index (χ1v) is 9.31. The molecule has 0 radical (unpaired) electrons. The molecule has 3 aromatic rings. The molecule has 1 heterocycles. The molecule has 0 saturated carbocycles. The lowest BCUT2D eigenvalue weighted by molar-refractivity contribution is 0.0612. The third-order valence-corrected chi connectivity index (χ3v) is 5.78. The summed E-state index contributed by atoms with van der Waals surface area (Å²) in [6.07, 6.45) is 6.22. The molecule has 1 aromatic heterocycles. The average Bonchev–Trinajstić information content (AvgIpc) is 2.70. The molecule has 0 fully saturated rings. The van der Waals surface area contributed by atoms with Crippen LogP contribution in [0.15, 0.2) is 54.9 Å². The number of hydrogen-bond donors (Lipinski definition) is 1. The summed E-state index contributed by atoms with van der Waals surface area (Å²) in [5.41, 5.74) is 7.10. The molecule has 4 rings (SSSR count). The Kier molecular flexibility index (Phi) is 4.30. The van der Waals surface area contributed by atoms with Crippen LogP contribution in [0.3, 0.4) is 0 Å². The van der Waals surface area contributed by atoms with E-state index in [0.717, 1.165) is 40.7 Å². The number of aromatic nitrogens is 1. The fraction of sp³-hybridized carbons (Fsp3) is 0.250. The van der Waals surface area contributed by atoms with Crippen molar-refractivity contribution in [1.29, 1.82) is 5.26 Å². The van der Waals surface area contributed by atoms with E-state index in [1.807, 2.05) is 42.7 Å². The van der Waals surface area contributed by atoms with Crippen LogP contribution in [0, 0.1) is 25.2 Å². The second-order valence-corrected chi connectivity index (χ2v) is 7.42. The lowest BCUT2D eigenvalue weighted by Gasteiger charge is -2.36. The molecule has 0 amide bonds. The average molecular weight is 354 g/mol. The van der Waals surface area contributed by atoms with Crippen LogP contribution in [0.4, 0.5) is 0 Å². The summed E-state index contributed by atoms with van der Waals surface area (Å²) in [6, 6.07) is 15.9. The van der Waals surface area contributed by atoms with Gasteiger partial charge in [0.05, 0.1) is 11.6 Å². The highest BCUT2D eigenvalue weighted by Crippen LogP contribution is 2.43. The van der Waals surface area contributed by atoms with Gasteiger partial charge in [0.2, 0.25) is 0 Å². The van der Waals surface area contributed by atoms with E-state index in [1.165, 1.54) is 11.1 Å². The number of rotatable bonds is 2. The topological polar surface area (TPSA) is 56.9 Å². The zero-order valence-corrected chi connectivity index (χ0v) is 15.7. The molecule has 0 unspecified atom stereocenters. The number of nitriles is 1. The lowest BCUT2D eigenvalue weighted by atomic mass is 9.74. The third kappa shape index (κ3) is 2.93. The molecule has 2 aromatic carbocycles. The first-order chi connectivity index (χ1) is 13.0. The Morgan fingerprint density at radius 1 is 1.04 bits per heavy atom. The molecule has 0 saturated heterocycles. The monoisotopic (exact) mass is 354 g/mol. The lowest BCUT2D eigenvalue weighted by Crippen LogP contribution is -2.32. The molecule has 1 N–H and O–H groups in total. The normalized spacial score (nSPS) is 18.6. The molecule has 3 nitrogen and oxygen atoms in total. The highest BCUT2D eigenvalue weighted by molar-refractivity contribution is 5.69. The van der Waals surface area contributed by atoms with Crippen LogP contribution in [0.25, 0.3) is 11.1 Å². The van der Waals surface area contributed by atoms with Crippen molar-refractivity contribution in [3.63, 3.8) is 0 Å². The Morgan fingerprint density at radius 3 is 2.52 bits per heavy atom. The third-order valence-electron chi connectivity index (χ3n) is 5.78. The number of aliphatic hydroxyl groups is 1. The predicted molar refractivity (Wildman–Crippen MR) is 106 cm³/mol. The second-order valence-electron chi connectivity index (χ2n) is 7.42. The van der Waals surface area contributed by atoms with Crippen LogP contribution in [0.5, 0.6) is 0 Å². The van der Waals surface area contributed by atoms with Crippen LogP contribution in [0.2, 0.25) is 0 Å². The molecular weight excluding hydrogens is 332 g/mol. The molecule has 27 heavy (non-hydrogen) atoms. The minimum absolute atomic E-state index is 0.642. The van der Waals surface area contributed by atoms with E-state index in [1.54, 1.807) is 0 Å². The van der Waals surface area contributed by atoms with E-state index in [2.05, 4.69) is 37.0 Å². The van der Waals surface area contributed by atoms with Gasteiger partial charge in [-0.1, -0.05) is 30.3 Å². The Hall–Kier alpha value is -2.96. The Labute approximate surface area is 160 Å². The molecule has 0 aliphatic heterocycles. The van der Waals surface area contributed by atoms with E-state index in [0.29, 0.717) is 12.0 Å². The zero-order valence-electron chi connectivity index (χ0n) is 15.7. The maximum atomic E-state index is 11.7. The summed E-state index contributed by atoms with van der Waals surface area (Å²) >= 11 is 0. The SMILES string of the molecule is Cc1ccc([C@@]2(O)CCCc3c(-c4ccc(C#N)cc4)cncc32)cc1C. The van der Waals surface area contributed by atoms with Gasteiger partial charge in [-0.05, 0) is 73.1 Å². The number of fused-ring (bicyclic) bond motifs is 1. The van der Waals surface area contributed by atoms with Crippen molar-refractivity contribution in [3.8, 4) is 17.2 Å². The summed E-state index contributed by atoms with van der Waals surface area (Å²) in [5.74, 6) is 0. The van der Waals surface area contributed by atoms with Gasteiger partial charge in [0.15, 0.2) is 0 Å². The number of hydrogen-bond acceptors (Lipinski definition) is 3. The Morgan fingerprint density at radius 2 is 1.81 bits per heavy atom. The maximum absolute atomic E-state index is 11.7. The molecule has 0 spiro atoms. The number of pyridine rings is 1. The Balaban J connectivity index is 1.86. The number of aryl methyl sites for hydroxylation is 2. The van der Waals surface area contributed by atoms with Crippen LogP contribution in [0.1, 0.15) is 46.2 Å². The molecule has 1 aliphatic carbocycles. The van der Waals surface area contributed by atoms with Crippen molar-refractivity contribution in [2.45, 2.75) is 38.7 Å². The summed E-state index contributed by atoms with van der Waals surface area (Å²) in [6.45, 7) is 4.17. The highest BCUT2D eigenvalue weighted by Gasteiger charge is 2.37. The van der Waals surface area contributed by atoms with Crippen molar-refractivity contribution in [1.82, 2.24) is 4.98 Å². The van der Waals surface area contributed by atoms with Crippen LogP contribution >= 0.6 is 0 Å². The van der Waals surface area contributed by atoms with Crippen molar-refractivity contribution in [2.24, 2.45) is 0 Å². The van der Waals surface area contributed by atoms with Gasteiger partial charge in [-0.15, -0.1) is 0 Å². The molecule has 1 atom stereocenters. The molecular formula is C24H22N2O. The van der Waals surface area contributed by atoms with Gasteiger partial charge >= 0.3 is 0 Å². The van der Waals surface area contributed by atoms with Gasteiger partial charge in [0.25, 0.3) is 0 Å². The largest absolute Gasteiger partial charge is 0.380 e. The quantitative estimate of drug-likeness (QED) is 0.718. The van der Waals surface area contributed by atoms with Gasteiger partial charge in [0, 0.05) is 23.5 Å².